The monoisotopic (exact) mass is 606 g/mol. The van der Waals surface area contributed by atoms with Gasteiger partial charge >= 0.3 is 0 Å². The molecule has 12 rings (SSSR count). The van der Waals surface area contributed by atoms with Gasteiger partial charge in [0.25, 0.3) is 0 Å². The van der Waals surface area contributed by atoms with E-state index in [-0.39, 0.29) is 0 Å². The molecular formula is C47H26O. The minimum atomic E-state index is -0.403. The van der Waals surface area contributed by atoms with Crippen LogP contribution in [-0.2, 0) is 5.41 Å². The van der Waals surface area contributed by atoms with Gasteiger partial charge in [-0.15, -0.1) is 0 Å². The van der Waals surface area contributed by atoms with E-state index in [4.69, 9.17) is 4.42 Å². The van der Waals surface area contributed by atoms with Crippen LogP contribution in [0.15, 0.2) is 162 Å². The molecule has 3 aliphatic rings. The van der Waals surface area contributed by atoms with Crippen LogP contribution in [0, 0.1) is 0 Å². The highest BCUT2D eigenvalue weighted by Crippen LogP contribution is 2.65. The highest BCUT2D eigenvalue weighted by Gasteiger charge is 2.52. The van der Waals surface area contributed by atoms with Crippen molar-refractivity contribution in [3.63, 3.8) is 0 Å². The van der Waals surface area contributed by atoms with E-state index in [1.165, 1.54) is 88.7 Å². The van der Waals surface area contributed by atoms with Crippen LogP contribution in [-0.4, -0.2) is 0 Å². The largest absolute Gasteiger partial charge is 0.456 e. The summed E-state index contributed by atoms with van der Waals surface area (Å²) in [6.07, 6.45) is 0. The maximum Gasteiger partial charge on any atom is 0.135 e. The first kappa shape index (κ1) is 25.0. The Morgan fingerprint density at radius 1 is 0.333 bits per heavy atom. The van der Waals surface area contributed by atoms with Crippen molar-refractivity contribution in [2.45, 2.75) is 5.41 Å². The smallest absolute Gasteiger partial charge is 0.135 e. The molecule has 1 heterocycles. The van der Waals surface area contributed by atoms with Crippen LogP contribution in [0.3, 0.4) is 0 Å². The number of fused-ring (bicyclic) bond motifs is 17. The summed E-state index contributed by atoms with van der Waals surface area (Å²) in [6.45, 7) is 0. The van der Waals surface area contributed by atoms with Crippen molar-refractivity contribution in [1.82, 2.24) is 0 Å². The normalized spacial score (nSPS) is 16.0. The molecule has 0 saturated carbocycles. The second-order valence-corrected chi connectivity index (χ2v) is 13.5. The SMILES string of the molecule is c1ccc2c(c1)-c1cccc3c4c(cc-2c13)C1(c2ccccc2-c2cc(-c3ccc5oc6ccccc6c5c3)ccc21)c1ccccc1-4. The Morgan fingerprint density at radius 2 is 0.938 bits per heavy atom. The topological polar surface area (TPSA) is 13.1 Å². The highest BCUT2D eigenvalue weighted by atomic mass is 16.3. The number of hydrogen-bond acceptors (Lipinski definition) is 1. The molecule has 0 bridgehead atoms. The maximum atomic E-state index is 6.17. The van der Waals surface area contributed by atoms with Crippen molar-refractivity contribution in [3.05, 3.63) is 180 Å². The Balaban J connectivity index is 1.17. The van der Waals surface area contributed by atoms with Crippen molar-refractivity contribution in [2.75, 3.05) is 0 Å². The number of hydrogen-bond donors (Lipinski definition) is 0. The summed E-state index contributed by atoms with van der Waals surface area (Å²) >= 11 is 0. The molecule has 0 N–H and O–H groups in total. The molecule has 3 aliphatic carbocycles. The summed E-state index contributed by atoms with van der Waals surface area (Å²) in [6, 6.07) is 58.8. The predicted molar refractivity (Wildman–Crippen MR) is 197 cm³/mol. The van der Waals surface area contributed by atoms with Crippen LogP contribution in [0.25, 0.3) is 88.3 Å². The molecule has 1 nitrogen and oxygen atoms in total. The van der Waals surface area contributed by atoms with Crippen molar-refractivity contribution >= 4 is 32.7 Å². The standard InChI is InChI=1S/C47H26O/c1-2-11-30-29(10-1)33-15-9-16-35-45(33)38(30)26-42-46(35)34-14-4-7-18-40(34)47(42)39-17-6-3-12-31(39)36-24-27(20-22-41(36)47)28-21-23-44-37(25-28)32-13-5-8-19-43(32)48-44/h1-26H. The third-order valence-electron chi connectivity index (χ3n) is 11.4. The second kappa shape index (κ2) is 8.59. The van der Waals surface area contributed by atoms with E-state index >= 15 is 0 Å². The number of benzene rings is 8. The van der Waals surface area contributed by atoms with Crippen LogP contribution < -0.4 is 0 Å². The quantitative estimate of drug-likeness (QED) is 0.181. The zero-order valence-electron chi connectivity index (χ0n) is 25.9. The van der Waals surface area contributed by atoms with Gasteiger partial charge in [0.15, 0.2) is 0 Å². The summed E-state index contributed by atoms with van der Waals surface area (Å²) < 4.78 is 6.17. The average Bonchev–Trinajstić information content (AvgIpc) is 3.86. The Labute approximate surface area is 277 Å². The van der Waals surface area contributed by atoms with E-state index in [9.17, 15) is 0 Å². The summed E-state index contributed by atoms with van der Waals surface area (Å²) in [5, 5.41) is 5.05. The fourth-order valence-electron chi connectivity index (χ4n) is 9.58. The molecule has 0 aliphatic heterocycles. The van der Waals surface area contributed by atoms with E-state index in [2.05, 4.69) is 146 Å². The first-order chi connectivity index (χ1) is 23.8. The molecule has 9 aromatic rings. The number of furan rings is 1. The van der Waals surface area contributed by atoms with Gasteiger partial charge in [-0.3, -0.25) is 0 Å². The van der Waals surface area contributed by atoms with Gasteiger partial charge in [-0.05, 0) is 119 Å². The maximum absolute atomic E-state index is 6.17. The first-order valence-electron chi connectivity index (χ1n) is 16.8. The third kappa shape index (κ3) is 2.82. The van der Waals surface area contributed by atoms with Gasteiger partial charge in [0.1, 0.15) is 11.2 Å². The Kier molecular flexibility index (Phi) is 4.47. The molecule has 48 heavy (non-hydrogen) atoms. The average molecular weight is 607 g/mol. The summed E-state index contributed by atoms with van der Waals surface area (Å²) in [5.74, 6) is 0. The van der Waals surface area contributed by atoms with Crippen molar-refractivity contribution in [3.8, 4) is 55.6 Å². The van der Waals surface area contributed by atoms with Gasteiger partial charge < -0.3 is 4.42 Å². The molecule has 1 spiro atoms. The lowest BCUT2D eigenvalue weighted by molar-refractivity contribution is 0.669. The van der Waals surface area contributed by atoms with Crippen molar-refractivity contribution in [2.24, 2.45) is 0 Å². The Hall–Kier alpha value is -6.18. The molecule has 220 valence electrons. The Bertz CT molecular complexity index is 2900. The molecule has 0 saturated heterocycles. The summed E-state index contributed by atoms with van der Waals surface area (Å²) in [7, 11) is 0. The van der Waals surface area contributed by atoms with E-state index in [0.717, 1.165) is 21.9 Å². The second-order valence-electron chi connectivity index (χ2n) is 13.5. The Morgan fingerprint density at radius 3 is 1.81 bits per heavy atom. The minimum Gasteiger partial charge on any atom is -0.456 e. The van der Waals surface area contributed by atoms with Crippen molar-refractivity contribution < 1.29 is 4.42 Å². The van der Waals surface area contributed by atoms with E-state index in [0.29, 0.717) is 0 Å². The molecule has 0 fully saturated rings. The molecule has 1 heteroatoms. The molecule has 1 aromatic heterocycles. The minimum absolute atomic E-state index is 0.403. The van der Waals surface area contributed by atoms with Gasteiger partial charge in [-0.2, -0.15) is 0 Å². The van der Waals surface area contributed by atoms with Crippen LogP contribution in [0.5, 0.6) is 0 Å². The third-order valence-corrected chi connectivity index (χ3v) is 11.4. The van der Waals surface area contributed by atoms with Gasteiger partial charge in [-0.25, -0.2) is 0 Å². The summed E-state index contributed by atoms with van der Waals surface area (Å²) in [5.41, 5.74) is 20.1. The lowest BCUT2D eigenvalue weighted by Gasteiger charge is -2.31. The highest BCUT2D eigenvalue weighted by molar-refractivity contribution is 6.21. The lowest BCUT2D eigenvalue weighted by Crippen LogP contribution is -2.25. The predicted octanol–water partition coefficient (Wildman–Crippen LogP) is 12.4. The summed E-state index contributed by atoms with van der Waals surface area (Å²) in [4.78, 5) is 0. The van der Waals surface area contributed by atoms with Crippen LogP contribution in [0.2, 0.25) is 0 Å². The number of rotatable bonds is 1. The molecule has 0 radical (unpaired) electrons. The fourth-order valence-corrected chi connectivity index (χ4v) is 9.58. The molecular weight excluding hydrogens is 581 g/mol. The van der Waals surface area contributed by atoms with Crippen molar-refractivity contribution in [1.29, 1.82) is 0 Å². The molecule has 8 aromatic carbocycles. The molecule has 1 unspecified atom stereocenters. The van der Waals surface area contributed by atoms with Crippen LogP contribution in [0.4, 0.5) is 0 Å². The van der Waals surface area contributed by atoms with Gasteiger partial charge in [0.2, 0.25) is 0 Å². The molecule has 0 amide bonds. The van der Waals surface area contributed by atoms with E-state index < -0.39 is 5.41 Å². The number of para-hydroxylation sites is 1. The fraction of sp³-hybridized carbons (Fsp3) is 0.0213. The van der Waals surface area contributed by atoms with E-state index in [1.807, 2.05) is 12.1 Å². The van der Waals surface area contributed by atoms with Gasteiger partial charge in [-0.1, -0.05) is 127 Å². The first-order valence-corrected chi connectivity index (χ1v) is 16.8. The molecule has 1 atom stereocenters. The zero-order chi connectivity index (χ0) is 31.1. The lowest BCUT2D eigenvalue weighted by atomic mass is 9.70. The van der Waals surface area contributed by atoms with Gasteiger partial charge in [0, 0.05) is 10.8 Å². The van der Waals surface area contributed by atoms with E-state index in [1.54, 1.807) is 0 Å². The van der Waals surface area contributed by atoms with Crippen LogP contribution in [0.1, 0.15) is 22.3 Å². The van der Waals surface area contributed by atoms with Crippen LogP contribution >= 0.6 is 0 Å². The van der Waals surface area contributed by atoms with Gasteiger partial charge in [0.05, 0.1) is 5.41 Å². The zero-order valence-corrected chi connectivity index (χ0v) is 25.9.